The van der Waals surface area contributed by atoms with E-state index in [0.29, 0.717) is 5.92 Å². The van der Waals surface area contributed by atoms with Gasteiger partial charge in [0.2, 0.25) is 0 Å². The van der Waals surface area contributed by atoms with Gasteiger partial charge in [-0.2, -0.15) is 0 Å². The van der Waals surface area contributed by atoms with E-state index in [4.69, 9.17) is 0 Å². The molecule has 2 saturated carbocycles. The molecule has 2 nitrogen and oxygen atoms in total. The van der Waals surface area contributed by atoms with Crippen LogP contribution in [-0.2, 0) is 0 Å². The van der Waals surface area contributed by atoms with Crippen molar-refractivity contribution in [2.24, 2.45) is 11.8 Å². The van der Waals surface area contributed by atoms with E-state index in [1.165, 1.54) is 44.9 Å². The first kappa shape index (κ1) is 12.4. The highest BCUT2D eigenvalue weighted by atomic mass is 16.3. The van der Waals surface area contributed by atoms with Crippen molar-refractivity contribution >= 4 is 0 Å². The quantitative estimate of drug-likeness (QED) is 0.681. The van der Waals surface area contributed by atoms with Gasteiger partial charge in [0.05, 0.1) is 6.10 Å². The smallest absolute Gasteiger partial charge is 0.0568 e. The highest BCUT2D eigenvalue weighted by Crippen LogP contribution is 2.32. The number of rotatable bonds is 6. The average molecular weight is 225 g/mol. The molecule has 0 aliphatic heterocycles. The fourth-order valence-electron chi connectivity index (χ4n) is 2.98. The molecule has 0 aromatic rings. The second-order valence-electron chi connectivity index (χ2n) is 5.83. The Labute approximate surface area is 99.8 Å². The number of aliphatic hydroxyl groups excluding tert-OH is 1. The lowest BCUT2D eigenvalue weighted by Crippen LogP contribution is -2.30. The maximum absolute atomic E-state index is 9.86. The summed E-state index contributed by atoms with van der Waals surface area (Å²) in [7, 11) is 0. The molecule has 0 aromatic carbocycles. The van der Waals surface area contributed by atoms with Crippen molar-refractivity contribution in [2.75, 3.05) is 6.54 Å². The molecule has 2 aliphatic rings. The van der Waals surface area contributed by atoms with E-state index >= 15 is 0 Å². The van der Waals surface area contributed by atoms with E-state index in [9.17, 15) is 5.11 Å². The second-order valence-corrected chi connectivity index (χ2v) is 5.83. The molecule has 0 bridgehead atoms. The summed E-state index contributed by atoms with van der Waals surface area (Å²) in [5.74, 6) is 1.55. The molecule has 0 aromatic heterocycles. The molecule has 3 unspecified atom stereocenters. The van der Waals surface area contributed by atoms with Gasteiger partial charge in [-0.1, -0.05) is 12.8 Å². The number of hydrogen-bond donors (Lipinski definition) is 2. The lowest BCUT2D eigenvalue weighted by molar-refractivity contribution is 0.0642. The van der Waals surface area contributed by atoms with Gasteiger partial charge in [0.15, 0.2) is 0 Å². The standard InChI is InChI=1S/C14H27NO/c1-11(12-8-9-12)15-10-4-6-13-5-2-3-7-14(13)16/h11-16H,2-10H2,1H3. The van der Waals surface area contributed by atoms with E-state index in [1.54, 1.807) is 0 Å². The molecule has 2 heteroatoms. The van der Waals surface area contributed by atoms with Crippen molar-refractivity contribution in [3.05, 3.63) is 0 Å². The Hall–Kier alpha value is -0.0800. The van der Waals surface area contributed by atoms with Gasteiger partial charge in [-0.05, 0) is 63.8 Å². The third-order valence-electron chi connectivity index (χ3n) is 4.42. The monoisotopic (exact) mass is 225 g/mol. The van der Waals surface area contributed by atoms with Crippen molar-refractivity contribution < 1.29 is 5.11 Å². The van der Waals surface area contributed by atoms with Crippen LogP contribution in [0.5, 0.6) is 0 Å². The van der Waals surface area contributed by atoms with Gasteiger partial charge in [-0.25, -0.2) is 0 Å². The third-order valence-corrected chi connectivity index (χ3v) is 4.42. The zero-order chi connectivity index (χ0) is 11.4. The number of nitrogens with one attached hydrogen (secondary N) is 1. The molecule has 0 saturated heterocycles. The van der Waals surface area contributed by atoms with Crippen LogP contribution in [0.15, 0.2) is 0 Å². The zero-order valence-electron chi connectivity index (χ0n) is 10.6. The minimum atomic E-state index is -0.00499. The van der Waals surface area contributed by atoms with Gasteiger partial charge in [0.1, 0.15) is 0 Å². The molecule has 0 radical (unpaired) electrons. The average Bonchev–Trinajstić information content (AvgIpc) is 3.10. The van der Waals surface area contributed by atoms with Crippen molar-refractivity contribution in [2.45, 2.75) is 70.4 Å². The van der Waals surface area contributed by atoms with E-state index in [1.807, 2.05) is 0 Å². The van der Waals surface area contributed by atoms with Gasteiger partial charge in [-0.15, -0.1) is 0 Å². The van der Waals surface area contributed by atoms with Gasteiger partial charge >= 0.3 is 0 Å². The minimum Gasteiger partial charge on any atom is -0.393 e. The van der Waals surface area contributed by atoms with Crippen LogP contribution >= 0.6 is 0 Å². The van der Waals surface area contributed by atoms with Crippen molar-refractivity contribution in [1.29, 1.82) is 0 Å². The fourth-order valence-corrected chi connectivity index (χ4v) is 2.98. The first-order valence-electron chi connectivity index (χ1n) is 7.19. The SMILES string of the molecule is CC(NCCCC1CCCCC1O)C1CC1. The molecule has 3 atom stereocenters. The van der Waals surface area contributed by atoms with E-state index in [-0.39, 0.29) is 6.10 Å². The Morgan fingerprint density at radius 1 is 1.19 bits per heavy atom. The fraction of sp³-hybridized carbons (Fsp3) is 1.00. The summed E-state index contributed by atoms with van der Waals surface area (Å²) in [6, 6.07) is 0.719. The second kappa shape index (κ2) is 6.02. The topological polar surface area (TPSA) is 32.3 Å². The van der Waals surface area contributed by atoms with Crippen molar-refractivity contribution in [3.8, 4) is 0 Å². The van der Waals surface area contributed by atoms with Crippen LogP contribution in [0.1, 0.15) is 58.3 Å². The molecular weight excluding hydrogens is 198 g/mol. The van der Waals surface area contributed by atoms with Gasteiger partial charge in [-0.3, -0.25) is 0 Å². The first-order chi connectivity index (χ1) is 7.77. The van der Waals surface area contributed by atoms with Crippen LogP contribution in [0, 0.1) is 11.8 Å². The van der Waals surface area contributed by atoms with Gasteiger partial charge in [0.25, 0.3) is 0 Å². The van der Waals surface area contributed by atoms with Crippen LogP contribution in [0.25, 0.3) is 0 Å². The van der Waals surface area contributed by atoms with Crippen LogP contribution in [0.3, 0.4) is 0 Å². The summed E-state index contributed by atoms with van der Waals surface area (Å²) in [4.78, 5) is 0. The molecule has 0 amide bonds. The van der Waals surface area contributed by atoms with Crippen LogP contribution in [0.2, 0.25) is 0 Å². The van der Waals surface area contributed by atoms with E-state index in [2.05, 4.69) is 12.2 Å². The van der Waals surface area contributed by atoms with Crippen LogP contribution in [-0.4, -0.2) is 23.8 Å². The minimum absolute atomic E-state index is 0.00499. The Kier molecular flexibility index (Phi) is 4.66. The molecular formula is C14H27NO. The van der Waals surface area contributed by atoms with Crippen LogP contribution < -0.4 is 5.32 Å². The van der Waals surface area contributed by atoms with E-state index < -0.39 is 0 Å². The normalized spacial score (nSPS) is 32.6. The lowest BCUT2D eigenvalue weighted by Gasteiger charge is -2.27. The van der Waals surface area contributed by atoms with Gasteiger partial charge in [0, 0.05) is 6.04 Å². The first-order valence-corrected chi connectivity index (χ1v) is 7.19. The number of aliphatic hydroxyl groups is 1. The number of hydrogen-bond acceptors (Lipinski definition) is 2. The zero-order valence-corrected chi connectivity index (χ0v) is 10.6. The molecule has 0 heterocycles. The molecule has 2 fully saturated rings. The lowest BCUT2D eigenvalue weighted by atomic mass is 9.83. The summed E-state index contributed by atoms with van der Waals surface area (Å²) >= 11 is 0. The Morgan fingerprint density at radius 2 is 1.94 bits per heavy atom. The van der Waals surface area contributed by atoms with E-state index in [0.717, 1.165) is 24.9 Å². The highest BCUT2D eigenvalue weighted by molar-refractivity contribution is 4.83. The Morgan fingerprint density at radius 3 is 2.62 bits per heavy atom. The van der Waals surface area contributed by atoms with Gasteiger partial charge < -0.3 is 10.4 Å². The Balaban J connectivity index is 1.52. The van der Waals surface area contributed by atoms with Crippen molar-refractivity contribution in [1.82, 2.24) is 5.32 Å². The van der Waals surface area contributed by atoms with Crippen LogP contribution in [0.4, 0.5) is 0 Å². The summed E-state index contributed by atoms with van der Waals surface area (Å²) in [5, 5.41) is 13.5. The molecule has 0 spiro atoms. The maximum atomic E-state index is 9.86. The predicted molar refractivity (Wildman–Crippen MR) is 67.4 cm³/mol. The highest BCUT2D eigenvalue weighted by Gasteiger charge is 2.27. The summed E-state index contributed by atoms with van der Waals surface area (Å²) in [5.41, 5.74) is 0. The summed E-state index contributed by atoms with van der Waals surface area (Å²) < 4.78 is 0. The molecule has 2 rings (SSSR count). The summed E-state index contributed by atoms with van der Waals surface area (Å²) in [6.07, 6.45) is 10.1. The maximum Gasteiger partial charge on any atom is 0.0568 e. The Bertz CT molecular complexity index is 203. The molecule has 16 heavy (non-hydrogen) atoms. The largest absolute Gasteiger partial charge is 0.393 e. The predicted octanol–water partition coefficient (Wildman–Crippen LogP) is 2.71. The summed E-state index contributed by atoms with van der Waals surface area (Å²) in [6.45, 7) is 3.45. The third kappa shape index (κ3) is 3.74. The molecule has 2 N–H and O–H groups in total. The molecule has 94 valence electrons. The van der Waals surface area contributed by atoms with Crippen molar-refractivity contribution in [3.63, 3.8) is 0 Å². The molecule has 2 aliphatic carbocycles.